The molecule has 0 radical (unpaired) electrons. The van der Waals surface area contributed by atoms with Crippen LogP contribution in [0.5, 0.6) is 0 Å². The zero-order chi connectivity index (χ0) is 17.1. The van der Waals surface area contributed by atoms with Gasteiger partial charge in [0.05, 0.1) is 0 Å². The molecule has 3 rings (SSSR count). The Morgan fingerprint density at radius 3 is 2.12 bits per heavy atom. The monoisotopic (exact) mass is 332 g/mol. The highest BCUT2D eigenvalue weighted by Crippen LogP contribution is 2.38. The Balaban J connectivity index is 1.74. The Morgan fingerprint density at radius 2 is 1.50 bits per heavy atom. The molecule has 0 bridgehead atoms. The molecule has 0 aromatic heterocycles. The maximum absolute atomic E-state index is 13.9. The van der Waals surface area contributed by atoms with E-state index in [2.05, 4.69) is 6.92 Å². The van der Waals surface area contributed by atoms with Gasteiger partial charge in [-0.05, 0) is 60.8 Å². The minimum atomic E-state index is -1.41. The molecule has 24 heavy (non-hydrogen) atoms. The van der Waals surface area contributed by atoms with Crippen molar-refractivity contribution in [3.8, 4) is 11.1 Å². The summed E-state index contributed by atoms with van der Waals surface area (Å²) in [5, 5.41) is 0. The fourth-order valence-corrected chi connectivity index (χ4v) is 3.88. The van der Waals surface area contributed by atoms with Crippen molar-refractivity contribution in [3.63, 3.8) is 0 Å². The zero-order valence-corrected chi connectivity index (χ0v) is 14.0. The van der Waals surface area contributed by atoms with Gasteiger partial charge in [0.1, 0.15) is 0 Å². The topological polar surface area (TPSA) is 0 Å². The van der Waals surface area contributed by atoms with Crippen LogP contribution in [0.2, 0.25) is 0 Å². The average molecular weight is 332 g/mol. The number of benzene rings is 2. The van der Waals surface area contributed by atoms with Gasteiger partial charge in [0, 0.05) is 5.56 Å². The summed E-state index contributed by atoms with van der Waals surface area (Å²) < 4.78 is 40.4. The van der Waals surface area contributed by atoms with Gasteiger partial charge in [-0.1, -0.05) is 44.0 Å². The molecule has 128 valence electrons. The van der Waals surface area contributed by atoms with Crippen molar-refractivity contribution < 1.29 is 13.2 Å². The highest BCUT2D eigenvalue weighted by Gasteiger charge is 2.22. The summed E-state index contributed by atoms with van der Waals surface area (Å²) in [5.41, 5.74) is 1.94. The lowest BCUT2D eigenvalue weighted by Gasteiger charge is -2.28. The normalized spacial score (nSPS) is 21.0. The van der Waals surface area contributed by atoms with Crippen LogP contribution >= 0.6 is 0 Å². The molecule has 0 aliphatic heterocycles. The molecular formula is C21H23F3. The third-order valence-electron chi connectivity index (χ3n) is 5.27. The summed E-state index contributed by atoms with van der Waals surface area (Å²) in [4.78, 5) is 0. The second-order valence-electron chi connectivity index (χ2n) is 6.85. The third kappa shape index (κ3) is 3.50. The van der Waals surface area contributed by atoms with Gasteiger partial charge in [-0.25, -0.2) is 13.2 Å². The Kier molecular flexibility index (Phi) is 5.27. The third-order valence-corrected chi connectivity index (χ3v) is 5.27. The van der Waals surface area contributed by atoms with Crippen LogP contribution in [0.15, 0.2) is 36.4 Å². The molecule has 0 spiro atoms. The fourth-order valence-electron chi connectivity index (χ4n) is 3.88. The standard InChI is InChI=1S/C21H23F3/c1-2-3-14-4-6-15(7-5-14)16-8-10-17(11-9-16)18-12-13-19(22)21(24)20(18)23/h8-15H,2-7H2,1H3. The molecule has 0 N–H and O–H groups in total. The molecule has 0 heterocycles. The minimum Gasteiger partial charge on any atom is -0.204 e. The van der Waals surface area contributed by atoms with Gasteiger partial charge in [0.25, 0.3) is 0 Å². The Hall–Kier alpha value is -1.77. The molecule has 1 aliphatic carbocycles. The van der Waals surface area contributed by atoms with E-state index in [0.717, 1.165) is 12.0 Å². The lowest BCUT2D eigenvalue weighted by atomic mass is 9.77. The van der Waals surface area contributed by atoms with Crippen LogP contribution in [0.4, 0.5) is 13.2 Å². The van der Waals surface area contributed by atoms with Crippen LogP contribution in [0.25, 0.3) is 11.1 Å². The van der Waals surface area contributed by atoms with Crippen molar-refractivity contribution in [3.05, 3.63) is 59.4 Å². The van der Waals surface area contributed by atoms with Crippen LogP contribution in [-0.4, -0.2) is 0 Å². The van der Waals surface area contributed by atoms with Gasteiger partial charge in [-0.15, -0.1) is 0 Å². The van der Waals surface area contributed by atoms with E-state index in [1.165, 1.54) is 50.2 Å². The predicted molar refractivity (Wildman–Crippen MR) is 91.4 cm³/mol. The van der Waals surface area contributed by atoms with Gasteiger partial charge in [-0.2, -0.15) is 0 Å². The first kappa shape index (κ1) is 17.1. The molecule has 0 atom stereocenters. The first-order valence-electron chi connectivity index (χ1n) is 8.84. The highest BCUT2D eigenvalue weighted by molar-refractivity contribution is 5.64. The second kappa shape index (κ2) is 7.42. The average Bonchev–Trinajstić information content (AvgIpc) is 2.61. The van der Waals surface area contributed by atoms with Gasteiger partial charge in [0.2, 0.25) is 0 Å². The maximum Gasteiger partial charge on any atom is 0.195 e. The molecule has 1 aliphatic rings. The van der Waals surface area contributed by atoms with E-state index in [0.29, 0.717) is 11.5 Å². The Labute approximate surface area is 141 Å². The van der Waals surface area contributed by atoms with Crippen molar-refractivity contribution >= 4 is 0 Å². The molecule has 2 aromatic rings. The van der Waals surface area contributed by atoms with Crippen LogP contribution in [0.3, 0.4) is 0 Å². The van der Waals surface area contributed by atoms with E-state index < -0.39 is 17.5 Å². The minimum absolute atomic E-state index is 0.104. The molecule has 1 fully saturated rings. The summed E-state index contributed by atoms with van der Waals surface area (Å²) >= 11 is 0. The van der Waals surface area contributed by atoms with Gasteiger partial charge in [-0.3, -0.25) is 0 Å². The number of hydrogen-bond acceptors (Lipinski definition) is 0. The molecule has 0 saturated heterocycles. The second-order valence-corrected chi connectivity index (χ2v) is 6.85. The maximum atomic E-state index is 13.9. The molecule has 0 nitrogen and oxygen atoms in total. The lowest BCUT2D eigenvalue weighted by molar-refractivity contribution is 0.308. The van der Waals surface area contributed by atoms with E-state index in [1.807, 2.05) is 24.3 Å². The number of hydrogen-bond donors (Lipinski definition) is 0. The summed E-state index contributed by atoms with van der Waals surface area (Å²) in [6, 6.07) is 9.88. The molecule has 3 heteroatoms. The van der Waals surface area contributed by atoms with Gasteiger partial charge in [0.15, 0.2) is 17.5 Å². The summed E-state index contributed by atoms with van der Waals surface area (Å²) in [5.74, 6) is -2.27. The molecule has 0 unspecified atom stereocenters. The van der Waals surface area contributed by atoms with Crippen molar-refractivity contribution in [2.45, 2.75) is 51.4 Å². The number of rotatable bonds is 4. The van der Waals surface area contributed by atoms with E-state index in [1.54, 1.807) is 0 Å². The molecule has 1 saturated carbocycles. The number of halogens is 3. The predicted octanol–water partition coefficient (Wildman–Crippen LogP) is 6.84. The van der Waals surface area contributed by atoms with Crippen LogP contribution in [-0.2, 0) is 0 Å². The quantitative estimate of drug-likeness (QED) is 0.537. The summed E-state index contributed by atoms with van der Waals surface area (Å²) in [7, 11) is 0. The SMILES string of the molecule is CCCC1CCC(c2ccc(-c3ccc(F)c(F)c3F)cc2)CC1. The molecule has 2 aromatic carbocycles. The van der Waals surface area contributed by atoms with E-state index >= 15 is 0 Å². The van der Waals surface area contributed by atoms with Crippen molar-refractivity contribution in [2.24, 2.45) is 5.92 Å². The zero-order valence-electron chi connectivity index (χ0n) is 14.0. The lowest BCUT2D eigenvalue weighted by Crippen LogP contribution is -2.13. The van der Waals surface area contributed by atoms with Crippen LogP contribution in [0, 0.1) is 23.4 Å². The summed E-state index contributed by atoms with van der Waals surface area (Å²) in [6.07, 6.45) is 7.52. The molecule has 0 amide bonds. The first-order valence-corrected chi connectivity index (χ1v) is 8.84. The Bertz CT molecular complexity index is 683. The van der Waals surface area contributed by atoms with Gasteiger partial charge >= 0.3 is 0 Å². The smallest absolute Gasteiger partial charge is 0.195 e. The largest absolute Gasteiger partial charge is 0.204 e. The first-order chi connectivity index (χ1) is 11.6. The van der Waals surface area contributed by atoms with Crippen molar-refractivity contribution in [1.82, 2.24) is 0 Å². The van der Waals surface area contributed by atoms with E-state index in [-0.39, 0.29) is 5.56 Å². The fraction of sp³-hybridized carbons (Fsp3) is 0.429. The van der Waals surface area contributed by atoms with Crippen molar-refractivity contribution in [1.29, 1.82) is 0 Å². The van der Waals surface area contributed by atoms with Gasteiger partial charge < -0.3 is 0 Å². The van der Waals surface area contributed by atoms with E-state index in [9.17, 15) is 13.2 Å². The molecular weight excluding hydrogens is 309 g/mol. The highest BCUT2D eigenvalue weighted by atomic mass is 19.2. The van der Waals surface area contributed by atoms with Crippen LogP contribution < -0.4 is 0 Å². The van der Waals surface area contributed by atoms with Crippen LogP contribution in [0.1, 0.15) is 56.9 Å². The summed E-state index contributed by atoms with van der Waals surface area (Å²) in [6.45, 7) is 2.24. The van der Waals surface area contributed by atoms with Crippen molar-refractivity contribution in [2.75, 3.05) is 0 Å². The Morgan fingerprint density at radius 1 is 0.833 bits per heavy atom. The van der Waals surface area contributed by atoms with E-state index in [4.69, 9.17) is 0 Å².